The van der Waals surface area contributed by atoms with Crippen LogP contribution in [0.25, 0.3) is 0 Å². The van der Waals surface area contributed by atoms with Gasteiger partial charge in [0.25, 0.3) is 0 Å². The van der Waals surface area contributed by atoms with E-state index in [0.717, 1.165) is 11.2 Å². The van der Waals surface area contributed by atoms with E-state index in [0.29, 0.717) is 5.56 Å². The molecule has 0 saturated heterocycles. The summed E-state index contributed by atoms with van der Waals surface area (Å²) >= 11 is 4.65. The molecule has 13 heavy (non-hydrogen) atoms. The van der Waals surface area contributed by atoms with Crippen LogP contribution in [-0.2, 0) is 4.79 Å². The van der Waals surface area contributed by atoms with Gasteiger partial charge in [0.2, 0.25) is 0 Å². The van der Waals surface area contributed by atoms with Gasteiger partial charge in [-0.05, 0) is 30.0 Å². The van der Waals surface area contributed by atoms with E-state index >= 15 is 0 Å². The summed E-state index contributed by atoms with van der Waals surface area (Å²) in [4.78, 5) is 11.0. The zero-order chi connectivity index (χ0) is 9.84. The Balaban J connectivity index is 3.14. The minimum absolute atomic E-state index is 0.320. The summed E-state index contributed by atoms with van der Waals surface area (Å²) in [5.41, 5.74) is 0.683. The van der Waals surface area contributed by atoms with Crippen molar-refractivity contribution in [3.05, 3.63) is 29.6 Å². The summed E-state index contributed by atoms with van der Waals surface area (Å²) in [6.07, 6.45) is 2.63. The van der Waals surface area contributed by atoms with E-state index in [9.17, 15) is 9.18 Å². The zero-order valence-electron chi connectivity index (χ0n) is 6.96. The first-order chi connectivity index (χ1) is 6.19. The zero-order valence-corrected chi connectivity index (χ0v) is 9.36. The van der Waals surface area contributed by atoms with Crippen molar-refractivity contribution in [2.24, 2.45) is 0 Å². The summed E-state index contributed by atoms with van der Waals surface area (Å²) in [7, 11) is 0. The Morgan fingerprint density at radius 3 is 2.85 bits per heavy atom. The van der Waals surface area contributed by atoms with Gasteiger partial charge in [0.05, 0.1) is 4.83 Å². The van der Waals surface area contributed by atoms with E-state index in [1.54, 1.807) is 6.07 Å². The van der Waals surface area contributed by atoms with Gasteiger partial charge in [0, 0.05) is 4.90 Å². The van der Waals surface area contributed by atoms with Gasteiger partial charge in [0.15, 0.2) is 0 Å². The van der Waals surface area contributed by atoms with E-state index in [2.05, 4.69) is 15.9 Å². The maximum atomic E-state index is 12.8. The molecule has 0 aromatic heterocycles. The molecule has 0 bridgehead atoms. The summed E-state index contributed by atoms with van der Waals surface area (Å²) in [6.45, 7) is 0. The van der Waals surface area contributed by atoms with Crippen molar-refractivity contribution < 1.29 is 9.18 Å². The van der Waals surface area contributed by atoms with Crippen LogP contribution in [0.3, 0.4) is 0 Å². The highest BCUT2D eigenvalue weighted by Crippen LogP contribution is 2.30. The third-order valence-corrected chi connectivity index (χ3v) is 3.13. The molecule has 1 aromatic carbocycles. The number of aldehydes is 1. The summed E-state index contributed by atoms with van der Waals surface area (Å²) in [5.74, 6) is -0.320. The van der Waals surface area contributed by atoms with Crippen LogP contribution < -0.4 is 0 Å². The van der Waals surface area contributed by atoms with Crippen molar-refractivity contribution in [3.8, 4) is 0 Å². The highest BCUT2D eigenvalue weighted by Gasteiger charge is 2.11. The normalized spacial score (nSPS) is 12.5. The minimum Gasteiger partial charge on any atom is -0.302 e. The van der Waals surface area contributed by atoms with Crippen LogP contribution >= 0.6 is 27.7 Å². The predicted molar refractivity (Wildman–Crippen MR) is 55.9 cm³/mol. The van der Waals surface area contributed by atoms with Gasteiger partial charge in [-0.3, -0.25) is 0 Å². The number of hydrogen-bond donors (Lipinski definition) is 0. The van der Waals surface area contributed by atoms with Gasteiger partial charge in [0.1, 0.15) is 12.1 Å². The largest absolute Gasteiger partial charge is 0.302 e. The average Bonchev–Trinajstić information content (AvgIpc) is 2.16. The third kappa shape index (κ3) is 2.54. The number of rotatable bonds is 3. The lowest BCUT2D eigenvalue weighted by atomic mass is 10.1. The fraction of sp³-hybridized carbons (Fsp3) is 0.222. The number of hydrogen-bond acceptors (Lipinski definition) is 2. The molecule has 0 N–H and O–H groups in total. The highest BCUT2D eigenvalue weighted by atomic mass is 79.9. The molecule has 0 aliphatic rings. The Morgan fingerprint density at radius 1 is 1.62 bits per heavy atom. The molecular weight excluding hydrogens is 255 g/mol. The molecule has 0 fully saturated rings. The molecule has 0 heterocycles. The Labute approximate surface area is 88.8 Å². The average molecular weight is 263 g/mol. The van der Waals surface area contributed by atoms with Crippen LogP contribution in [0, 0.1) is 5.82 Å². The van der Waals surface area contributed by atoms with Crippen LogP contribution in [0.4, 0.5) is 4.39 Å². The van der Waals surface area contributed by atoms with E-state index in [-0.39, 0.29) is 5.82 Å². The fourth-order valence-corrected chi connectivity index (χ4v) is 2.15. The Kier molecular flexibility index (Phi) is 3.93. The first kappa shape index (κ1) is 10.7. The van der Waals surface area contributed by atoms with Gasteiger partial charge in [-0.25, -0.2) is 4.39 Å². The molecule has 1 atom stereocenters. The summed E-state index contributed by atoms with van der Waals surface area (Å²) < 4.78 is 12.8. The Morgan fingerprint density at radius 2 is 2.31 bits per heavy atom. The number of halogens is 2. The van der Waals surface area contributed by atoms with E-state index < -0.39 is 4.83 Å². The Hall–Kier alpha value is -0.350. The van der Waals surface area contributed by atoms with Crippen molar-refractivity contribution >= 4 is 34.0 Å². The van der Waals surface area contributed by atoms with Crippen LogP contribution in [-0.4, -0.2) is 12.5 Å². The maximum Gasteiger partial charge on any atom is 0.138 e. The van der Waals surface area contributed by atoms with Crippen LogP contribution in [0.15, 0.2) is 23.1 Å². The van der Waals surface area contributed by atoms with E-state index in [1.165, 1.54) is 23.9 Å². The van der Waals surface area contributed by atoms with Gasteiger partial charge in [-0.2, -0.15) is 0 Å². The number of carbonyl (C=O) groups excluding carboxylic acids is 1. The first-order valence-corrected chi connectivity index (χ1v) is 5.76. The first-order valence-electron chi connectivity index (χ1n) is 3.62. The van der Waals surface area contributed by atoms with Crippen LogP contribution in [0.2, 0.25) is 0 Å². The molecular formula is C9H8BrFOS. The monoisotopic (exact) mass is 262 g/mol. The smallest absolute Gasteiger partial charge is 0.138 e. The quantitative estimate of drug-likeness (QED) is 0.473. The van der Waals surface area contributed by atoms with Gasteiger partial charge < -0.3 is 4.79 Å². The molecule has 0 saturated carbocycles. The summed E-state index contributed by atoms with van der Waals surface area (Å²) in [5, 5.41) is 0. The third-order valence-electron chi connectivity index (χ3n) is 1.61. The second kappa shape index (κ2) is 4.77. The van der Waals surface area contributed by atoms with Crippen molar-refractivity contribution in [2.45, 2.75) is 9.72 Å². The molecule has 0 aliphatic carbocycles. The van der Waals surface area contributed by atoms with Gasteiger partial charge >= 0.3 is 0 Å². The number of thioether (sulfide) groups is 1. The molecule has 0 amide bonds. The van der Waals surface area contributed by atoms with Crippen molar-refractivity contribution in [1.29, 1.82) is 0 Å². The minimum atomic E-state index is -0.425. The van der Waals surface area contributed by atoms with Crippen LogP contribution in [0.5, 0.6) is 0 Å². The van der Waals surface area contributed by atoms with Crippen molar-refractivity contribution in [2.75, 3.05) is 6.26 Å². The predicted octanol–water partition coefficient (Wildman–Crippen LogP) is 3.18. The number of carbonyl (C=O) groups is 1. The highest BCUT2D eigenvalue weighted by molar-refractivity contribution is 9.09. The van der Waals surface area contributed by atoms with E-state index in [4.69, 9.17) is 0 Å². The lowest BCUT2D eigenvalue weighted by Gasteiger charge is -2.07. The van der Waals surface area contributed by atoms with Gasteiger partial charge in [-0.15, -0.1) is 11.8 Å². The fourth-order valence-electron chi connectivity index (χ4n) is 0.994. The lowest BCUT2D eigenvalue weighted by molar-refractivity contribution is -0.107. The molecule has 1 nitrogen and oxygen atoms in total. The molecule has 4 heteroatoms. The molecule has 70 valence electrons. The number of benzene rings is 1. The molecule has 1 aromatic rings. The van der Waals surface area contributed by atoms with Crippen molar-refractivity contribution in [3.63, 3.8) is 0 Å². The maximum absolute atomic E-state index is 12.8. The standard InChI is InChI=1S/C9H8BrFOS/c1-13-9-3-2-6(11)4-7(9)8(10)5-12/h2-5,8H,1H3. The summed E-state index contributed by atoms with van der Waals surface area (Å²) in [6, 6.07) is 4.44. The van der Waals surface area contributed by atoms with E-state index in [1.807, 2.05) is 6.26 Å². The second-order valence-electron chi connectivity index (χ2n) is 2.42. The lowest BCUT2D eigenvalue weighted by Crippen LogP contribution is -1.94. The molecule has 1 rings (SSSR count). The molecule has 0 spiro atoms. The number of alkyl halides is 1. The SMILES string of the molecule is CSc1ccc(F)cc1C(Br)C=O. The topological polar surface area (TPSA) is 17.1 Å². The van der Waals surface area contributed by atoms with Gasteiger partial charge in [-0.1, -0.05) is 15.9 Å². The van der Waals surface area contributed by atoms with Crippen molar-refractivity contribution in [1.82, 2.24) is 0 Å². The second-order valence-corrected chi connectivity index (χ2v) is 4.26. The molecule has 0 aliphatic heterocycles. The Bertz CT molecular complexity index is 316. The van der Waals surface area contributed by atoms with Crippen LogP contribution in [0.1, 0.15) is 10.4 Å². The molecule has 1 unspecified atom stereocenters. The molecule has 0 radical (unpaired) electrons.